The van der Waals surface area contributed by atoms with Crippen LogP contribution in [0.4, 0.5) is 0 Å². The lowest BCUT2D eigenvalue weighted by atomic mass is 10.3. The summed E-state index contributed by atoms with van der Waals surface area (Å²) in [6, 6.07) is -0.487. The molecule has 86 valence electrons. The number of rotatable bonds is 5. The molecule has 0 aromatic rings. The normalized spacial score (nSPS) is 17.7. The lowest BCUT2D eigenvalue weighted by Gasteiger charge is -2.15. The fraction of sp³-hybridized carbons (Fsp3) is 1.00. The van der Waals surface area contributed by atoms with Gasteiger partial charge in [-0.25, -0.2) is 16.8 Å². The molecule has 7 heteroatoms. The zero-order valence-electron chi connectivity index (χ0n) is 8.60. The highest BCUT2D eigenvalue weighted by Gasteiger charge is 2.25. The Morgan fingerprint density at radius 1 is 1.07 bits per heavy atom. The summed E-state index contributed by atoms with van der Waals surface area (Å²) in [5.41, 5.74) is 5.43. The summed E-state index contributed by atoms with van der Waals surface area (Å²) in [6.45, 7) is 3.07. The Bertz CT molecular complexity index is 368. The predicted molar refractivity (Wildman–Crippen MR) is 56.6 cm³/mol. The van der Waals surface area contributed by atoms with Crippen molar-refractivity contribution in [2.45, 2.75) is 25.1 Å². The largest absolute Gasteiger partial charge is 0.327 e. The Balaban J connectivity index is 4.53. The van der Waals surface area contributed by atoms with E-state index < -0.39 is 31.0 Å². The van der Waals surface area contributed by atoms with E-state index >= 15 is 0 Å². The third-order valence-electron chi connectivity index (χ3n) is 2.05. The van der Waals surface area contributed by atoms with E-state index in [1.165, 1.54) is 6.92 Å². The Morgan fingerprint density at radius 3 is 1.79 bits per heavy atom. The maximum Gasteiger partial charge on any atom is 0.155 e. The summed E-state index contributed by atoms with van der Waals surface area (Å²) in [5, 5.41) is -0.704. The van der Waals surface area contributed by atoms with Gasteiger partial charge in [0.15, 0.2) is 9.84 Å². The lowest BCUT2D eigenvalue weighted by molar-refractivity contribution is 0.567. The summed E-state index contributed by atoms with van der Waals surface area (Å²) in [5.74, 6) is -0.694. The number of hydrogen-bond acceptors (Lipinski definition) is 5. The van der Waals surface area contributed by atoms with Crippen molar-refractivity contribution in [1.82, 2.24) is 0 Å². The molecule has 2 atom stereocenters. The van der Waals surface area contributed by atoms with Gasteiger partial charge in [0.1, 0.15) is 9.84 Å². The van der Waals surface area contributed by atoms with Gasteiger partial charge in [0.25, 0.3) is 0 Å². The van der Waals surface area contributed by atoms with E-state index in [1.807, 2.05) is 0 Å². The minimum atomic E-state index is -3.40. The van der Waals surface area contributed by atoms with Crippen LogP contribution in [0, 0.1) is 0 Å². The topological polar surface area (TPSA) is 94.3 Å². The van der Waals surface area contributed by atoms with E-state index in [-0.39, 0.29) is 11.5 Å². The van der Waals surface area contributed by atoms with Crippen LogP contribution in [0.5, 0.6) is 0 Å². The molecule has 5 nitrogen and oxygen atoms in total. The summed E-state index contributed by atoms with van der Waals surface area (Å²) in [6.07, 6.45) is 1.01. The quantitative estimate of drug-likeness (QED) is 0.681. The molecule has 0 aliphatic carbocycles. The van der Waals surface area contributed by atoms with Gasteiger partial charge >= 0.3 is 0 Å². The lowest BCUT2D eigenvalue weighted by Crippen LogP contribution is -2.38. The van der Waals surface area contributed by atoms with Crippen molar-refractivity contribution in [1.29, 1.82) is 0 Å². The molecule has 0 rings (SSSR count). The highest BCUT2D eigenvalue weighted by Crippen LogP contribution is 2.06. The minimum absolute atomic E-state index is 0.341. The van der Waals surface area contributed by atoms with Gasteiger partial charge in [0, 0.05) is 12.3 Å². The molecule has 0 spiro atoms. The molecule has 0 aromatic carbocycles. The van der Waals surface area contributed by atoms with Crippen molar-refractivity contribution in [2.24, 2.45) is 5.73 Å². The smallest absolute Gasteiger partial charge is 0.155 e. The van der Waals surface area contributed by atoms with Gasteiger partial charge in [-0.15, -0.1) is 0 Å². The van der Waals surface area contributed by atoms with Crippen molar-refractivity contribution in [3.8, 4) is 0 Å². The second-order valence-corrected chi connectivity index (χ2v) is 8.30. The van der Waals surface area contributed by atoms with Crippen LogP contribution >= 0.6 is 0 Å². The van der Waals surface area contributed by atoms with E-state index in [9.17, 15) is 16.8 Å². The fourth-order valence-corrected chi connectivity index (χ4v) is 3.95. The van der Waals surface area contributed by atoms with Gasteiger partial charge in [0.2, 0.25) is 0 Å². The Kier molecular flexibility index (Phi) is 4.54. The number of nitrogens with two attached hydrogens (primary N) is 1. The molecule has 0 bridgehead atoms. The summed E-state index contributed by atoms with van der Waals surface area (Å²) >= 11 is 0. The molecule has 2 N–H and O–H groups in total. The van der Waals surface area contributed by atoms with E-state index in [4.69, 9.17) is 5.73 Å². The van der Waals surface area contributed by atoms with Gasteiger partial charge in [-0.1, -0.05) is 0 Å². The molecule has 0 amide bonds. The summed E-state index contributed by atoms with van der Waals surface area (Å²) in [7, 11) is -6.63. The van der Waals surface area contributed by atoms with E-state index in [2.05, 4.69) is 0 Å². The number of hydrogen-bond donors (Lipinski definition) is 1. The van der Waals surface area contributed by atoms with Crippen LogP contribution < -0.4 is 5.73 Å². The molecule has 14 heavy (non-hydrogen) atoms. The monoisotopic (exact) mass is 243 g/mol. The average Bonchev–Trinajstić information content (AvgIpc) is 1.98. The van der Waals surface area contributed by atoms with E-state index in [0.29, 0.717) is 0 Å². The van der Waals surface area contributed by atoms with Crippen molar-refractivity contribution in [2.75, 3.05) is 17.8 Å². The summed E-state index contributed by atoms with van der Waals surface area (Å²) < 4.78 is 44.5. The minimum Gasteiger partial charge on any atom is -0.327 e. The zero-order valence-corrected chi connectivity index (χ0v) is 10.2. The maximum absolute atomic E-state index is 11.5. The highest BCUT2D eigenvalue weighted by atomic mass is 32.2. The summed E-state index contributed by atoms with van der Waals surface area (Å²) in [4.78, 5) is 0. The average molecular weight is 243 g/mol. The van der Waals surface area contributed by atoms with Gasteiger partial charge in [-0.2, -0.15) is 0 Å². The van der Waals surface area contributed by atoms with Gasteiger partial charge in [-0.3, -0.25) is 0 Å². The Labute approximate surface area is 85.5 Å². The van der Waals surface area contributed by atoms with Gasteiger partial charge < -0.3 is 5.73 Å². The van der Waals surface area contributed by atoms with Crippen LogP contribution in [-0.2, 0) is 19.7 Å². The Morgan fingerprint density at radius 2 is 1.50 bits per heavy atom. The molecule has 0 aliphatic rings. The first-order valence-electron chi connectivity index (χ1n) is 4.21. The van der Waals surface area contributed by atoms with Crippen LogP contribution in [0.15, 0.2) is 0 Å². The van der Waals surface area contributed by atoms with Crippen molar-refractivity contribution in [3.63, 3.8) is 0 Å². The van der Waals surface area contributed by atoms with Crippen LogP contribution in [0.1, 0.15) is 13.8 Å². The molecule has 0 heterocycles. The first kappa shape index (κ1) is 13.9. The van der Waals surface area contributed by atoms with Crippen molar-refractivity contribution < 1.29 is 16.8 Å². The molecule has 0 aromatic heterocycles. The van der Waals surface area contributed by atoms with Crippen molar-refractivity contribution >= 4 is 19.7 Å². The standard InChI is InChI=1S/C7H17NO4S2/c1-6(8)7(2)14(11,12)5-4-13(3,9)10/h6-7H,4-5,8H2,1-3H3. The molecule has 0 radical (unpaired) electrons. The molecular weight excluding hydrogens is 226 g/mol. The third kappa shape index (κ3) is 4.92. The molecule has 0 aliphatic heterocycles. The Hall–Kier alpha value is -0.140. The highest BCUT2D eigenvalue weighted by molar-refractivity contribution is 7.95. The van der Waals surface area contributed by atoms with E-state index in [1.54, 1.807) is 6.92 Å². The predicted octanol–water partition coefficient (Wildman–Crippen LogP) is -0.818. The third-order valence-corrected chi connectivity index (χ3v) is 5.59. The van der Waals surface area contributed by atoms with Crippen LogP contribution in [0.25, 0.3) is 0 Å². The van der Waals surface area contributed by atoms with Gasteiger partial charge in [0.05, 0.1) is 16.8 Å². The number of sulfone groups is 2. The molecular formula is C7H17NO4S2. The second-order valence-electron chi connectivity index (χ2n) is 3.56. The SMILES string of the molecule is CC(N)C(C)S(=O)(=O)CCS(C)(=O)=O. The van der Waals surface area contributed by atoms with Crippen molar-refractivity contribution in [3.05, 3.63) is 0 Å². The van der Waals surface area contributed by atoms with Gasteiger partial charge in [-0.05, 0) is 13.8 Å². The first-order valence-corrected chi connectivity index (χ1v) is 7.99. The zero-order chi connectivity index (χ0) is 11.6. The molecule has 0 saturated carbocycles. The van der Waals surface area contributed by atoms with Crippen LogP contribution in [0.2, 0.25) is 0 Å². The molecule has 2 unspecified atom stereocenters. The second kappa shape index (κ2) is 4.59. The van der Waals surface area contributed by atoms with Crippen LogP contribution in [-0.4, -0.2) is 45.9 Å². The molecule has 0 saturated heterocycles. The fourth-order valence-electron chi connectivity index (χ4n) is 0.780. The molecule has 0 fully saturated rings. The maximum atomic E-state index is 11.5. The van der Waals surface area contributed by atoms with Crippen LogP contribution in [0.3, 0.4) is 0 Å². The van der Waals surface area contributed by atoms with E-state index in [0.717, 1.165) is 6.26 Å². The first-order chi connectivity index (χ1) is 6.06.